The lowest BCUT2D eigenvalue weighted by molar-refractivity contribution is 0.780. The number of rotatable bonds is 1. The van der Waals surface area contributed by atoms with Gasteiger partial charge in [0.1, 0.15) is 6.04 Å². The number of hydrogen-bond donors (Lipinski definition) is 0. The first-order valence-electron chi connectivity index (χ1n) is 3.40. The first-order valence-corrected chi connectivity index (χ1v) is 4.34. The van der Waals surface area contributed by atoms with Crippen LogP contribution in [0.4, 0.5) is 0 Å². The minimum Gasteiger partial charge on any atom is -0.259 e. The maximum Gasteiger partial charge on any atom is 0.125 e. The van der Waals surface area contributed by atoms with Crippen molar-refractivity contribution in [1.29, 1.82) is 0 Å². The molecule has 0 radical (unpaired) electrons. The van der Waals surface area contributed by atoms with Crippen LogP contribution in [0.25, 0.3) is 0 Å². The number of hydrogen-bond acceptors (Lipinski definition) is 4. The molecule has 1 atom stereocenters. The summed E-state index contributed by atoms with van der Waals surface area (Å²) in [4.78, 5) is 4.19. The van der Waals surface area contributed by atoms with Gasteiger partial charge < -0.3 is 0 Å². The summed E-state index contributed by atoms with van der Waals surface area (Å²) >= 11 is 1.50. The molecule has 1 unspecified atom stereocenters. The summed E-state index contributed by atoms with van der Waals surface area (Å²) in [6.45, 7) is 0. The van der Waals surface area contributed by atoms with Gasteiger partial charge in [-0.3, -0.25) is 4.98 Å². The van der Waals surface area contributed by atoms with E-state index >= 15 is 0 Å². The molecule has 0 spiro atoms. The summed E-state index contributed by atoms with van der Waals surface area (Å²) in [5.41, 5.74) is 1.02. The van der Waals surface area contributed by atoms with Gasteiger partial charge in [0.15, 0.2) is 0 Å². The molecule has 0 aromatic carbocycles. The number of aromatic nitrogens is 1. The van der Waals surface area contributed by atoms with Gasteiger partial charge in [0.25, 0.3) is 0 Å². The standard InChI is InChI=1S/C7H7N3S/c1-2-4-8-6(3-1)7-5-11-10-9-7/h1-4,7H,5H2. The molecular weight excluding hydrogens is 158 g/mol. The molecule has 2 rings (SSSR count). The molecule has 4 heteroatoms. The van der Waals surface area contributed by atoms with E-state index in [1.807, 2.05) is 18.2 Å². The van der Waals surface area contributed by atoms with Gasteiger partial charge >= 0.3 is 0 Å². The van der Waals surface area contributed by atoms with E-state index in [2.05, 4.69) is 14.6 Å². The minimum atomic E-state index is 0.182. The lowest BCUT2D eigenvalue weighted by Gasteiger charge is -2.00. The predicted octanol–water partition coefficient (Wildman–Crippen LogP) is 2.24. The molecule has 2 heterocycles. The highest BCUT2D eigenvalue weighted by Crippen LogP contribution is 2.28. The molecular formula is C7H7N3S. The molecule has 0 amide bonds. The van der Waals surface area contributed by atoms with Crippen LogP contribution in [0.1, 0.15) is 11.7 Å². The molecule has 0 N–H and O–H groups in total. The fourth-order valence-electron chi connectivity index (χ4n) is 0.945. The molecule has 0 saturated carbocycles. The highest BCUT2D eigenvalue weighted by Gasteiger charge is 2.15. The highest BCUT2D eigenvalue weighted by molar-refractivity contribution is 7.98. The van der Waals surface area contributed by atoms with Crippen molar-refractivity contribution < 1.29 is 0 Å². The Morgan fingerprint density at radius 3 is 3.09 bits per heavy atom. The quantitative estimate of drug-likeness (QED) is 0.598. The highest BCUT2D eigenvalue weighted by atomic mass is 32.2. The smallest absolute Gasteiger partial charge is 0.125 e. The Kier molecular flexibility index (Phi) is 1.85. The maximum atomic E-state index is 4.19. The average molecular weight is 165 g/mol. The summed E-state index contributed by atoms with van der Waals surface area (Å²) < 4.78 is 3.84. The molecule has 1 aliphatic heterocycles. The Balaban J connectivity index is 2.23. The summed E-state index contributed by atoms with van der Waals surface area (Å²) in [5, 5.41) is 4.03. The Hall–Kier alpha value is -0.900. The van der Waals surface area contributed by atoms with E-state index in [1.54, 1.807) is 6.20 Å². The SMILES string of the molecule is c1ccc(C2CSN=N2)nc1. The third-order valence-electron chi connectivity index (χ3n) is 1.51. The topological polar surface area (TPSA) is 37.6 Å². The second-order valence-electron chi connectivity index (χ2n) is 2.26. The van der Waals surface area contributed by atoms with Crippen LogP contribution in [-0.2, 0) is 0 Å². The van der Waals surface area contributed by atoms with Crippen LogP contribution >= 0.6 is 11.9 Å². The second kappa shape index (κ2) is 3.00. The van der Waals surface area contributed by atoms with Crippen molar-refractivity contribution >= 4 is 11.9 Å². The van der Waals surface area contributed by atoms with E-state index in [0.29, 0.717) is 0 Å². The van der Waals surface area contributed by atoms with Crippen molar-refractivity contribution in [3.05, 3.63) is 30.1 Å². The van der Waals surface area contributed by atoms with Crippen LogP contribution in [0, 0.1) is 0 Å². The molecule has 0 bridgehead atoms. The zero-order chi connectivity index (χ0) is 7.52. The van der Waals surface area contributed by atoms with Gasteiger partial charge in [-0.1, -0.05) is 6.07 Å². The third-order valence-corrected chi connectivity index (χ3v) is 2.18. The van der Waals surface area contributed by atoms with E-state index in [4.69, 9.17) is 0 Å². The Labute approximate surface area is 69.1 Å². The predicted molar refractivity (Wildman–Crippen MR) is 44.3 cm³/mol. The van der Waals surface area contributed by atoms with E-state index in [-0.39, 0.29) is 6.04 Å². The number of nitrogens with zero attached hydrogens (tertiary/aromatic N) is 3. The Morgan fingerprint density at radius 2 is 2.45 bits per heavy atom. The lowest BCUT2D eigenvalue weighted by Crippen LogP contribution is -1.96. The normalized spacial score (nSPS) is 22.4. The Morgan fingerprint density at radius 1 is 1.45 bits per heavy atom. The molecule has 1 aliphatic rings. The maximum absolute atomic E-state index is 4.19. The van der Waals surface area contributed by atoms with Crippen LogP contribution < -0.4 is 0 Å². The van der Waals surface area contributed by atoms with Crippen molar-refractivity contribution in [2.75, 3.05) is 5.75 Å². The van der Waals surface area contributed by atoms with E-state index in [1.165, 1.54) is 11.9 Å². The molecule has 1 aromatic heterocycles. The van der Waals surface area contributed by atoms with Gasteiger partial charge in [-0.15, -0.1) is 4.52 Å². The average Bonchev–Trinajstić information content (AvgIpc) is 2.58. The first kappa shape index (κ1) is 6.79. The lowest BCUT2D eigenvalue weighted by atomic mass is 10.2. The van der Waals surface area contributed by atoms with Crippen LogP contribution in [0.3, 0.4) is 0 Å². The van der Waals surface area contributed by atoms with Crippen LogP contribution in [0.15, 0.2) is 34.0 Å². The Bertz CT molecular complexity index is 260. The van der Waals surface area contributed by atoms with Crippen LogP contribution in [0.5, 0.6) is 0 Å². The molecule has 1 aromatic rings. The fraction of sp³-hybridized carbons (Fsp3) is 0.286. The van der Waals surface area contributed by atoms with Crippen LogP contribution in [-0.4, -0.2) is 10.7 Å². The molecule has 11 heavy (non-hydrogen) atoms. The van der Waals surface area contributed by atoms with Gasteiger partial charge in [0.05, 0.1) is 5.69 Å². The van der Waals surface area contributed by atoms with Gasteiger partial charge in [-0.25, -0.2) is 0 Å². The zero-order valence-corrected chi connectivity index (χ0v) is 6.66. The molecule has 0 fully saturated rings. The summed E-state index contributed by atoms with van der Waals surface area (Å²) in [6, 6.07) is 6.04. The summed E-state index contributed by atoms with van der Waals surface area (Å²) in [7, 11) is 0. The first-order chi connectivity index (χ1) is 5.47. The van der Waals surface area contributed by atoms with Gasteiger partial charge in [0, 0.05) is 11.9 Å². The summed E-state index contributed by atoms with van der Waals surface area (Å²) in [5.74, 6) is 0.928. The van der Waals surface area contributed by atoms with Crippen LogP contribution in [0.2, 0.25) is 0 Å². The van der Waals surface area contributed by atoms with Crippen molar-refractivity contribution in [1.82, 2.24) is 4.98 Å². The van der Waals surface area contributed by atoms with Gasteiger partial charge in [0.2, 0.25) is 0 Å². The minimum absolute atomic E-state index is 0.182. The second-order valence-corrected chi connectivity index (χ2v) is 3.02. The van der Waals surface area contributed by atoms with Crippen molar-refractivity contribution in [3.8, 4) is 0 Å². The van der Waals surface area contributed by atoms with Crippen molar-refractivity contribution in [3.63, 3.8) is 0 Å². The van der Waals surface area contributed by atoms with Gasteiger partial charge in [-0.2, -0.15) is 5.11 Å². The monoisotopic (exact) mass is 165 g/mol. The van der Waals surface area contributed by atoms with E-state index in [0.717, 1.165) is 11.4 Å². The number of pyridine rings is 1. The molecule has 56 valence electrons. The largest absolute Gasteiger partial charge is 0.259 e. The zero-order valence-electron chi connectivity index (χ0n) is 5.84. The fourth-order valence-corrected chi connectivity index (χ4v) is 1.57. The summed E-state index contributed by atoms with van der Waals surface area (Å²) in [6.07, 6.45) is 1.79. The van der Waals surface area contributed by atoms with Gasteiger partial charge in [-0.05, 0) is 24.1 Å². The van der Waals surface area contributed by atoms with E-state index in [9.17, 15) is 0 Å². The van der Waals surface area contributed by atoms with Crippen molar-refractivity contribution in [2.24, 2.45) is 9.63 Å². The third kappa shape index (κ3) is 1.40. The molecule has 0 saturated heterocycles. The van der Waals surface area contributed by atoms with E-state index < -0.39 is 0 Å². The van der Waals surface area contributed by atoms with Crippen molar-refractivity contribution in [2.45, 2.75) is 6.04 Å². The molecule has 3 nitrogen and oxygen atoms in total. The molecule has 0 aliphatic carbocycles.